The fourth-order valence-corrected chi connectivity index (χ4v) is 3.25. The number of carbonyl (C=O) groups excluding carboxylic acids is 1. The maximum absolute atomic E-state index is 12.9. The molecule has 1 heterocycles. The maximum Gasteiger partial charge on any atom is 0.324 e. The molecule has 1 unspecified atom stereocenters. The van der Waals surface area contributed by atoms with Gasteiger partial charge in [0.25, 0.3) is 0 Å². The minimum absolute atomic E-state index is 0.0679. The lowest BCUT2D eigenvalue weighted by atomic mass is 9.93. The lowest BCUT2D eigenvalue weighted by Gasteiger charge is -2.37. The van der Waals surface area contributed by atoms with Crippen LogP contribution < -0.4 is 0 Å². The molecule has 0 aromatic heterocycles. The quantitative estimate of drug-likeness (QED) is 0.613. The first kappa shape index (κ1) is 12.3. The Morgan fingerprint density at radius 1 is 1.47 bits per heavy atom. The molecule has 4 nitrogen and oxygen atoms in total. The van der Waals surface area contributed by atoms with E-state index in [2.05, 4.69) is 0 Å². The van der Waals surface area contributed by atoms with Crippen molar-refractivity contribution in [2.75, 3.05) is 0 Å². The highest BCUT2D eigenvalue weighted by molar-refractivity contribution is 8.12. The summed E-state index contributed by atoms with van der Waals surface area (Å²) in [6.45, 7) is 1.65. The van der Waals surface area contributed by atoms with Gasteiger partial charge in [0.05, 0.1) is 12.5 Å². The molecule has 1 saturated heterocycles. The van der Waals surface area contributed by atoms with E-state index in [0.29, 0.717) is 15.4 Å². The second kappa shape index (κ2) is 3.96. The summed E-state index contributed by atoms with van der Waals surface area (Å²) in [5.41, 5.74) is 1.18. The first-order valence-corrected chi connectivity index (χ1v) is 7.10. The summed E-state index contributed by atoms with van der Waals surface area (Å²) < 4.78 is 35.9. The van der Waals surface area contributed by atoms with Gasteiger partial charge in [-0.15, -0.1) is 0 Å². The largest absolute Gasteiger partial charge is 0.324 e. The van der Waals surface area contributed by atoms with Crippen LogP contribution in [-0.2, 0) is 14.0 Å². The highest BCUT2D eigenvalue weighted by Gasteiger charge is 2.45. The van der Waals surface area contributed by atoms with E-state index >= 15 is 0 Å². The fraction of sp³-hybridized carbons (Fsp3) is 0.300. The first-order chi connectivity index (χ1) is 7.80. The number of β-lactam (4-membered cyclic amide) rings is 1. The molecule has 1 aliphatic rings. The number of rotatable bonds is 2. The lowest BCUT2D eigenvalue weighted by Crippen LogP contribution is -2.48. The lowest BCUT2D eigenvalue weighted by molar-refractivity contribution is -0.137. The molecule has 1 amide bonds. The van der Waals surface area contributed by atoms with E-state index < -0.39 is 27.0 Å². The summed E-state index contributed by atoms with van der Waals surface area (Å²) >= 11 is 0. The summed E-state index contributed by atoms with van der Waals surface area (Å²) in [6, 6.07) is 3.36. The van der Waals surface area contributed by atoms with Crippen LogP contribution >= 0.6 is 10.7 Å². The van der Waals surface area contributed by atoms with Gasteiger partial charge in [0.15, 0.2) is 0 Å². The van der Waals surface area contributed by atoms with Gasteiger partial charge in [0.2, 0.25) is 5.91 Å². The van der Waals surface area contributed by atoms with Crippen LogP contribution in [0, 0.1) is 12.7 Å². The van der Waals surface area contributed by atoms with Crippen molar-refractivity contribution in [1.29, 1.82) is 0 Å². The molecule has 1 atom stereocenters. The Hall–Kier alpha value is -1.14. The van der Waals surface area contributed by atoms with Crippen LogP contribution in [0.2, 0.25) is 0 Å². The van der Waals surface area contributed by atoms with Crippen molar-refractivity contribution in [2.45, 2.75) is 19.4 Å². The Kier molecular flexibility index (Phi) is 2.87. The molecule has 1 aliphatic heterocycles. The molecule has 0 spiro atoms. The van der Waals surface area contributed by atoms with E-state index in [4.69, 9.17) is 10.7 Å². The van der Waals surface area contributed by atoms with Crippen LogP contribution in [0.5, 0.6) is 0 Å². The van der Waals surface area contributed by atoms with Crippen LogP contribution in [-0.4, -0.2) is 18.6 Å². The van der Waals surface area contributed by atoms with Gasteiger partial charge < -0.3 is 0 Å². The van der Waals surface area contributed by atoms with Crippen molar-refractivity contribution >= 4 is 25.8 Å². The number of nitrogens with zero attached hydrogens (tertiary/aromatic N) is 1. The highest BCUT2D eigenvalue weighted by atomic mass is 35.7. The summed E-state index contributed by atoms with van der Waals surface area (Å²) in [4.78, 5) is 11.2. The molecule has 1 aromatic rings. The predicted molar refractivity (Wildman–Crippen MR) is 60.1 cm³/mol. The molecule has 92 valence electrons. The number of amides is 1. The molecule has 17 heavy (non-hydrogen) atoms. The topological polar surface area (TPSA) is 54.5 Å². The van der Waals surface area contributed by atoms with Crippen molar-refractivity contribution in [3.8, 4) is 0 Å². The summed E-state index contributed by atoms with van der Waals surface area (Å²) in [5, 5.41) is 0. The van der Waals surface area contributed by atoms with Crippen molar-refractivity contribution in [3.05, 3.63) is 35.1 Å². The molecule has 7 heteroatoms. The minimum Gasteiger partial charge on any atom is -0.274 e. The van der Waals surface area contributed by atoms with Gasteiger partial charge in [0, 0.05) is 10.7 Å². The maximum atomic E-state index is 12.9. The SMILES string of the molecule is Cc1cc(F)ccc1C1CC(=O)N1S(=O)(=O)Cl. The Balaban J connectivity index is 2.39. The molecule has 0 radical (unpaired) electrons. The zero-order chi connectivity index (χ0) is 12.8. The van der Waals surface area contributed by atoms with Crippen molar-refractivity contribution in [2.24, 2.45) is 0 Å². The highest BCUT2D eigenvalue weighted by Crippen LogP contribution is 2.39. The summed E-state index contributed by atoms with van der Waals surface area (Å²) in [6.07, 6.45) is 0.0679. The van der Waals surface area contributed by atoms with Gasteiger partial charge in [-0.1, -0.05) is 6.07 Å². The van der Waals surface area contributed by atoms with Crippen molar-refractivity contribution < 1.29 is 17.6 Å². The average Bonchev–Trinajstić information content (AvgIpc) is 2.12. The van der Waals surface area contributed by atoms with Gasteiger partial charge in [-0.3, -0.25) is 4.79 Å². The average molecular weight is 278 g/mol. The zero-order valence-corrected chi connectivity index (χ0v) is 10.4. The van der Waals surface area contributed by atoms with E-state index in [1.54, 1.807) is 6.92 Å². The molecule has 0 N–H and O–H groups in total. The monoisotopic (exact) mass is 277 g/mol. The third-order valence-electron chi connectivity index (χ3n) is 2.72. The minimum atomic E-state index is -4.08. The van der Waals surface area contributed by atoms with E-state index in [0.717, 1.165) is 0 Å². The van der Waals surface area contributed by atoms with Gasteiger partial charge in [0.1, 0.15) is 5.82 Å². The normalized spacial score (nSPS) is 20.3. The van der Waals surface area contributed by atoms with E-state index in [9.17, 15) is 17.6 Å². The molecule has 0 saturated carbocycles. The Labute approximate surface area is 103 Å². The molecular weight excluding hydrogens is 269 g/mol. The van der Waals surface area contributed by atoms with Crippen molar-refractivity contribution in [3.63, 3.8) is 0 Å². The number of hydrogen-bond acceptors (Lipinski definition) is 3. The smallest absolute Gasteiger partial charge is 0.274 e. The van der Waals surface area contributed by atoms with E-state index in [1.807, 2.05) is 0 Å². The number of aryl methyl sites for hydroxylation is 1. The Bertz CT molecular complexity index is 587. The molecule has 1 fully saturated rings. The number of benzene rings is 1. The predicted octanol–water partition coefficient (Wildman–Crippen LogP) is 1.89. The third kappa shape index (κ3) is 2.14. The van der Waals surface area contributed by atoms with Crippen LogP contribution in [0.4, 0.5) is 4.39 Å². The first-order valence-electron chi connectivity index (χ1n) is 4.83. The standard InChI is InChI=1S/C10H9ClFNO3S/c1-6-4-7(12)2-3-8(6)9-5-10(14)13(9)17(11,15)16/h2-4,9H,5H2,1H3. The molecule has 0 aliphatic carbocycles. The van der Waals surface area contributed by atoms with Gasteiger partial charge in [-0.05, 0) is 30.2 Å². The molecule has 1 aromatic carbocycles. The second-order valence-corrected chi connectivity index (χ2v) is 6.24. The van der Waals surface area contributed by atoms with Gasteiger partial charge in [-0.2, -0.15) is 8.42 Å². The van der Waals surface area contributed by atoms with Crippen LogP contribution in [0.1, 0.15) is 23.6 Å². The van der Waals surface area contributed by atoms with Crippen LogP contribution in [0.3, 0.4) is 0 Å². The zero-order valence-electron chi connectivity index (χ0n) is 8.85. The van der Waals surface area contributed by atoms with E-state index in [-0.39, 0.29) is 6.42 Å². The van der Waals surface area contributed by atoms with Gasteiger partial charge >= 0.3 is 9.24 Å². The Morgan fingerprint density at radius 3 is 2.59 bits per heavy atom. The van der Waals surface area contributed by atoms with Crippen molar-refractivity contribution in [1.82, 2.24) is 4.31 Å². The molecular formula is C10H9ClFNO3S. The van der Waals surface area contributed by atoms with E-state index in [1.165, 1.54) is 18.2 Å². The third-order valence-corrected chi connectivity index (χ3v) is 4.10. The molecule has 0 bridgehead atoms. The Morgan fingerprint density at radius 2 is 2.12 bits per heavy atom. The molecule has 2 rings (SSSR count). The summed E-state index contributed by atoms with van der Waals surface area (Å²) in [5.74, 6) is -0.953. The summed E-state index contributed by atoms with van der Waals surface area (Å²) in [7, 11) is 1.08. The van der Waals surface area contributed by atoms with Gasteiger partial charge in [-0.25, -0.2) is 8.70 Å². The fourth-order valence-electron chi connectivity index (χ4n) is 1.92. The number of carbonyl (C=O) groups is 1. The number of halogens is 2. The van der Waals surface area contributed by atoms with Crippen LogP contribution in [0.15, 0.2) is 18.2 Å². The second-order valence-electron chi connectivity index (χ2n) is 3.85. The van der Waals surface area contributed by atoms with Crippen LogP contribution in [0.25, 0.3) is 0 Å². The number of hydrogen-bond donors (Lipinski definition) is 0.